The molecule has 4 heteroatoms. The zero-order chi connectivity index (χ0) is 15.0. The molecule has 0 saturated heterocycles. The first-order chi connectivity index (χ1) is 9.94. The second kappa shape index (κ2) is 5.17. The molecule has 3 rings (SSSR count). The zero-order valence-corrected chi connectivity index (χ0v) is 13.2. The van der Waals surface area contributed by atoms with Crippen molar-refractivity contribution < 1.29 is 4.42 Å². The predicted octanol–water partition coefficient (Wildman–Crippen LogP) is 4.28. The molecular formula is C17H23N3O. The topological polar surface area (TPSA) is 51.0 Å². The van der Waals surface area contributed by atoms with Crippen molar-refractivity contribution in [3.8, 4) is 11.5 Å². The Hall–Kier alpha value is -1.84. The van der Waals surface area contributed by atoms with Crippen molar-refractivity contribution >= 4 is 5.69 Å². The van der Waals surface area contributed by atoms with Gasteiger partial charge in [-0.25, -0.2) is 0 Å². The van der Waals surface area contributed by atoms with Gasteiger partial charge in [-0.1, -0.05) is 20.8 Å². The van der Waals surface area contributed by atoms with Crippen molar-refractivity contribution in [2.45, 2.75) is 46.6 Å². The number of hydrogen-bond acceptors (Lipinski definition) is 4. The summed E-state index contributed by atoms with van der Waals surface area (Å²) in [4.78, 5) is 0. The van der Waals surface area contributed by atoms with Gasteiger partial charge in [0.05, 0.1) is 0 Å². The van der Waals surface area contributed by atoms with Gasteiger partial charge in [-0.15, -0.1) is 10.2 Å². The Bertz CT molecular complexity index is 619. The summed E-state index contributed by atoms with van der Waals surface area (Å²) in [5.74, 6) is 1.27. The third kappa shape index (κ3) is 2.94. The SMILES string of the molecule is Cc1cc(-c2nnco2)ccc1NC1CC(C)(C)CC1C. The molecule has 112 valence electrons. The lowest BCUT2D eigenvalue weighted by molar-refractivity contribution is 0.366. The Morgan fingerprint density at radius 1 is 1.29 bits per heavy atom. The fraction of sp³-hybridized carbons (Fsp3) is 0.529. The molecule has 2 unspecified atom stereocenters. The van der Waals surface area contributed by atoms with Gasteiger partial charge in [0, 0.05) is 17.3 Å². The monoisotopic (exact) mass is 285 g/mol. The summed E-state index contributed by atoms with van der Waals surface area (Å²) in [5.41, 5.74) is 3.82. The Labute approximate surface area is 126 Å². The number of nitrogens with one attached hydrogen (secondary N) is 1. The summed E-state index contributed by atoms with van der Waals surface area (Å²) in [7, 11) is 0. The molecule has 1 fully saturated rings. The van der Waals surface area contributed by atoms with Crippen LogP contribution in [0.3, 0.4) is 0 Å². The van der Waals surface area contributed by atoms with Gasteiger partial charge in [-0.2, -0.15) is 0 Å². The van der Waals surface area contributed by atoms with Crippen LogP contribution >= 0.6 is 0 Å². The van der Waals surface area contributed by atoms with Crippen molar-refractivity contribution in [1.29, 1.82) is 0 Å². The van der Waals surface area contributed by atoms with Gasteiger partial charge in [0.1, 0.15) is 0 Å². The first kappa shape index (κ1) is 14.1. The molecule has 21 heavy (non-hydrogen) atoms. The Kier molecular flexibility index (Phi) is 3.47. The number of rotatable bonds is 3. The highest BCUT2D eigenvalue weighted by atomic mass is 16.4. The summed E-state index contributed by atoms with van der Waals surface area (Å²) in [6, 6.07) is 6.80. The summed E-state index contributed by atoms with van der Waals surface area (Å²) >= 11 is 0. The minimum Gasteiger partial charge on any atom is -0.423 e. The summed E-state index contributed by atoms with van der Waals surface area (Å²) in [6.07, 6.45) is 3.86. The van der Waals surface area contributed by atoms with E-state index in [2.05, 4.69) is 55.3 Å². The first-order valence-corrected chi connectivity index (χ1v) is 7.58. The lowest BCUT2D eigenvalue weighted by atomic mass is 9.91. The standard InChI is InChI=1S/C17H23N3O/c1-11-7-13(16-20-18-10-21-16)5-6-14(11)19-15-9-17(3,4)8-12(15)2/h5-7,10,12,15,19H,8-9H2,1-4H3. The summed E-state index contributed by atoms with van der Waals surface area (Å²) < 4.78 is 5.25. The number of anilines is 1. The van der Waals surface area contributed by atoms with Crippen LogP contribution < -0.4 is 5.32 Å². The number of benzene rings is 1. The number of aromatic nitrogens is 2. The van der Waals surface area contributed by atoms with Crippen LogP contribution in [0.5, 0.6) is 0 Å². The molecule has 2 aromatic rings. The predicted molar refractivity (Wildman–Crippen MR) is 84.1 cm³/mol. The van der Waals surface area contributed by atoms with Crippen LogP contribution in [0.4, 0.5) is 5.69 Å². The maximum absolute atomic E-state index is 5.25. The highest BCUT2D eigenvalue weighted by Gasteiger charge is 2.36. The molecule has 1 aromatic carbocycles. The third-order valence-corrected chi connectivity index (χ3v) is 4.51. The largest absolute Gasteiger partial charge is 0.423 e. The molecule has 0 bridgehead atoms. The van der Waals surface area contributed by atoms with Gasteiger partial charge in [0.15, 0.2) is 0 Å². The van der Waals surface area contributed by atoms with Crippen LogP contribution in [0, 0.1) is 18.3 Å². The molecule has 2 atom stereocenters. The van der Waals surface area contributed by atoms with E-state index in [0.717, 1.165) is 5.56 Å². The number of nitrogens with zero attached hydrogens (tertiary/aromatic N) is 2. The van der Waals surface area contributed by atoms with Crippen LogP contribution in [-0.2, 0) is 0 Å². The molecule has 1 saturated carbocycles. The fourth-order valence-electron chi connectivity index (χ4n) is 3.54. The van der Waals surface area contributed by atoms with E-state index in [0.29, 0.717) is 23.3 Å². The average Bonchev–Trinajstić information content (AvgIpc) is 3.00. The van der Waals surface area contributed by atoms with Gasteiger partial charge in [-0.3, -0.25) is 0 Å². The highest BCUT2D eigenvalue weighted by Crippen LogP contribution is 2.42. The van der Waals surface area contributed by atoms with Crippen molar-refractivity contribution in [2.75, 3.05) is 5.32 Å². The highest BCUT2D eigenvalue weighted by molar-refractivity contribution is 5.62. The molecule has 0 amide bonds. The molecule has 1 N–H and O–H groups in total. The van der Waals surface area contributed by atoms with E-state index < -0.39 is 0 Å². The Balaban J connectivity index is 1.78. The van der Waals surface area contributed by atoms with Gasteiger partial charge < -0.3 is 9.73 Å². The molecule has 0 spiro atoms. The van der Waals surface area contributed by atoms with Crippen LogP contribution in [0.25, 0.3) is 11.5 Å². The van der Waals surface area contributed by atoms with Crippen LogP contribution in [0.1, 0.15) is 39.2 Å². The lowest BCUT2D eigenvalue weighted by Gasteiger charge is -2.21. The Morgan fingerprint density at radius 3 is 2.67 bits per heavy atom. The number of aryl methyl sites for hydroxylation is 1. The minimum atomic E-state index is 0.439. The maximum Gasteiger partial charge on any atom is 0.247 e. The van der Waals surface area contributed by atoms with Crippen LogP contribution in [0.2, 0.25) is 0 Å². The van der Waals surface area contributed by atoms with Crippen LogP contribution in [-0.4, -0.2) is 16.2 Å². The molecule has 0 radical (unpaired) electrons. The third-order valence-electron chi connectivity index (χ3n) is 4.51. The molecular weight excluding hydrogens is 262 g/mol. The van der Waals surface area contributed by atoms with E-state index in [1.165, 1.54) is 30.5 Å². The summed E-state index contributed by atoms with van der Waals surface area (Å²) in [5, 5.41) is 11.4. The minimum absolute atomic E-state index is 0.439. The van der Waals surface area contributed by atoms with Gasteiger partial charge >= 0.3 is 0 Å². The maximum atomic E-state index is 5.25. The first-order valence-electron chi connectivity index (χ1n) is 7.58. The van der Waals surface area contributed by atoms with E-state index in [4.69, 9.17) is 4.42 Å². The van der Waals surface area contributed by atoms with E-state index in [1.807, 2.05) is 6.07 Å². The van der Waals surface area contributed by atoms with E-state index in [9.17, 15) is 0 Å². The quantitative estimate of drug-likeness (QED) is 0.914. The average molecular weight is 285 g/mol. The Morgan fingerprint density at radius 2 is 2.10 bits per heavy atom. The fourth-order valence-corrected chi connectivity index (χ4v) is 3.54. The van der Waals surface area contributed by atoms with Crippen molar-refractivity contribution in [2.24, 2.45) is 11.3 Å². The molecule has 1 aliphatic rings. The van der Waals surface area contributed by atoms with E-state index >= 15 is 0 Å². The van der Waals surface area contributed by atoms with E-state index in [1.54, 1.807) is 0 Å². The number of hydrogen-bond donors (Lipinski definition) is 1. The molecule has 0 aliphatic heterocycles. The normalized spacial score (nSPS) is 24.2. The lowest BCUT2D eigenvalue weighted by Crippen LogP contribution is -2.23. The zero-order valence-electron chi connectivity index (χ0n) is 13.2. The summed E-state index contributed by atoms with van der Waals surface area (Å²) in [6.45, 7) is 9.18. The van der Waals surface area contributed by atoms with Crippen molar-refractivity contribution in [1.82, 2.24) is 10.2 Å². The van der Waals surface area contributed by atoms with Gasteiger partial charge in [0.2, 0.25) is 12.3 Å². The molecule has 1 heterocycles. The van der Waals surface area contributed by atoms with Gasteiger partial charge in [-0.05, 0) is 54.9 Å². The van der Waals surface area contributed by atoms with Crippen molar-refractivity contribution in [3.05, 3.63) is 30.2 Å². The molecule has 1 aromatic heterocycles. The van der Waals surface area contributed by atoms with Crippen molar-refractivity contribution in [3.63, 3.8) is 0 Å². The second-order valence-corrected chi connectivity index (χ2v) is 7.07. The molecule has 4 nitrogen and oxygen atoms in total. The smallest absolute Gasteiger partial charge is 0.247 e. The van der Waals surface area contributed by atoms with Gasteiger partial charge in [0.25, 0.3) is 0 Å². The second-order valence-electron chi connectivity index (χ2n) is 7.07. The molecule has 1 aliphatic carbocycles. The van der Waals surface area contributed by atoms with E-state index in [-0.39, 0.29) is 0 Å². The van der Waals surface area contributed by atoms with Crippen LogP contribution in [0.15, 0.2) is 29.0 Å².